The van der Waals surface area contributed by atoms with E-state index in [1.165, 1.54) is 21.7 Å². The molecular weight excluding hydrogens is 417 g/mol. The second kappa shape index (κ2) is 8.10. The minimum atomic E-state index is 0.165. The van der Waals surface area contributed by atoms with Gasteiger partial charge in [0.05, 0.1) is 16.1 Å². The zero-order valence-electron chi connectivity index (χ0n) is 15.8. The van der Waals surface area contributed by atoms with Crippen LogP contribution in [0.3, 0.4) is 0 Å². The van der Waals surface area contributed by atoms with E-state index in [9.17, 15) is 0 Å². The van der Waals surface area contributed by atoms with Crippen molar-refractivity contribution in [2.45, 2.75) is 29.0 Å². The monoisotopic (exact) mass is 437 g/mol. The highest BCUT2D eigenvalue weighted by Crippen LogP contribution is 2.51. The van der Waals surface area contributed by atoms with Crippen molar-refractivity contribution in [3.63, 3.8) is 0 Å². The molecule has 0 amide bonds. The summed E-state index contributed by atoms with van der Waals surface area (Å²) < 4.78 is 0. The van der Waals surface area contributed by atoms with Crippen molar-refractivity contribution in [1.82, 2.24) is 0 Å². The van der Waals surface area contributed by atoms with Crippen LogP contribution in [0, 0.1) is 5.92 Å². The van der Waals surface area contributed by atoms with Gasteiger partial charge in [-0.2, -0.15) is 0 Å². The number of rotatable bonds is 4. The van der Waals surface area contributed by atoms with Gasteiger partial charge < -0.3 is 5.32 Å². The predicted octanol–water partition coefficient (Wildman–Crippen LogP) is 8.11. The standard InChI is InChI=1S/C25H21Cl2NS/c26-22-11-5-10-20(24(22)27)25-19-9-4-8-18(19)21-14-16(12-13-23(21)28-25)15-29-17-6-2-1-3-7-17/h1-8,10-14,18-19,25,28H,9,15H2/t18-,19+,25-/m1/s1. The molecule has 0 unspecified atom stereocenters. The van der Waals surface area contributed by atoms with E-state index in [1.54, 1.807) is 0 Å². The quantitative estimate of drug-likeness (QED) is 0.326. The molecule has 0 fully saturated rings. The second-order valence-corrected chi connectivity index (χ2v) is 9.48. The van der Waals surface area contributed by atoms with Crippen molar-refractivity contribution in [2.75, 3.05) is 5.32 Å². The first-order chi connectivity index (χ1) is 14.2. The largest absolute Gasteiger partial charge is 0.378 e. The van der Waals surface area contributed by atoms with E-state index in [4.69, 9.17) is 23.2 Å². The Morgan fingerprint density at radius 2 is 1.79 bits per heavy atom. The molecule has 3 atom stereocenters. The van der Waals surface area contributed by atoms with Crippen LogP contribution >= 0.6 is 35.0 Å². The van der Waals surface area contributed by atoms with Gasteiger partial charge in [0.1, 0.15) is 0 Å². The molecule has 1 N–H and O–H groups in total. The zero-order valence-corrected chi connectivity index (χ0v) is 18.1. The number of anilines is 1. The SMILES string of the molecule is Clc1cccc([C@@H]2Nc3ccc(CSc4ccccc4)cc3[C@@H]3C=CC[C@@H]32)c1Cl. The van der Waals surface area contributed by atoms with Gasteiger partial charge >= 0.3 is 0 Å². The molecule has 2 aliphatic rings. The maximum absolute atomic E-state index is 6.57. The summed E-state index contributed by atoms with van der Waals surface area (Å²) in [5.41, 5.74) is 5.04. The third-order valence-corrected chi connectivity index (χ3v) is 7.81. The Morgan fingerprint density at radius 3 is 2.66 bits per heavy atom. The third-order valence-electron chi connectivity index (χ3n) is 5.89. The van der Waals surface area contributed by atoms with Crippen molar-refractivity contribution in [2.24, 2.45) is 5.92 Å². The molecule has 146 valence electrons. The highest BCUT2D eigenvalue weighted by molar-refractivity contribution is 7.98. The average Bonchev–Trinajstić information content (AvgIpc) is 3.25. The molecule has 1 nitrogen and oxygen atoms in total. The van der Waals surface area contributed by atoms with Crippen LogP contribution in [0.25, 0.3) is 0 Å². The Bertz CT molecular complexity index is 1060. The summed E-state index contributed by atoms with van der Waals surface area (Å²) >= 11 is 14.8. The number of halogens is 2. The Labute approximate surface area is 186 Å². The fourth-order valence-corrected chi connectivity index (χ4v) is 5.77. The van der Waals surface area contributed by atoms with E-state index < -0.39 is 0 Å². The van der Waals surface area contributed by atoms with Gasteiger partial charge in [-0.05, 0) is 53.3 Å². The minimum absolute atomic E-state index is 0.165. The maximum atomic E-state index is 6.57. The maximum Gasteiger partial charge on any atom is 0.0645 e. The summed E-state index contributed by atoms with van der Waals surface area (Å²) in [6.45, 7) is 0. The summed E-state index contributed by atoms with van der Waals surface area (Å²) in [7, 11) is 0. The topological polar surface area (TPSA) is 12.0 Å². The van der Waals surface area contributed by atoms with Crippen LogP contribution in [0.15, 0.2) is 83.8 Å². The van der Waals surface area contributed by atoms with Crippen LogP contribution < -0.4 is 5.32 Å². The number of hydrogen-bond donors (Lipinski definition) is 1. The Balaban J connectivity index is 1.44. The summed E-state index contributed by atoms with van der Waals surface area (Å²) in [5.74, 6) is 1.84. The number of nitrogens with one attached hydrogen (secondary N) is 1. The van der Waals surface area contributed by atoms with E-state index in [0.29, 0.717) is 21.9 Å². The van der Waals surface area contributed by atoms with Crippen LogP contribution in [0.2, 0.25) is 10.0 Å². The van der Waals surface area contributed by atoms with Crippen molar-refractivity contribution < 1.29 is 0 Å². The van der Waals surface area contributed by atoms with Crippen LogP contribution in [0.4, 0.5) is 5.69 Å². The molecule has 0 saturated carbocycles. The molecule has 0 radical (unpaired) electrons. The lowest BCUT2D eigenvalue weighted by molar-refractivity contribution is 0.425. The van der Waals surface area contributed by atoms with E-state index >= 15 is 0 Å². The lowest BCUT2D eigenvalue weighted by Gasteiger charge is -2.38. The molecule has 0 saturated heterocycles. The molecule has 4 heteroatoms. The minimum Gasteiger partial charge on any atom is -0.378 e. The molecule has 0 bridgehead atoms. The summed E-state index contributed by atoms with van der Waals surface area (Å²) in [5, 5.41) is 5.05. The van der Waals surface area contributed by atoms with Crippen molar-refractivity contribution in [3.8, 4) is 0 Å². The summed E-state index contributed by atoms with van der Waals surface area (Å²) in [4.78, 5) is 1.30. The van der Waals surface area contributed by atoms with Crippen LogP contribution in [-0.4, -0.2) is 0 Å². The van der Waals surface area contributed by atoms with Gasteiger partial charge in [-0.25, -0.2) is 0 Å². The zero-order chi connectivity index (χ0) is 19.8. The van der Waals surface area contributed by atoms with Gasteiger partial charge in [-0.15, -0.1) is 11.8 Å². The Hall–Kier alpha value is -1.87. The first-order valence-corrected chi connectivity index (χ1v) is 11.6. The second-order valence-electron chi connectivity index (χ2n) is 7.64. The normalized spacial score (nSPS) is 22.1. The van der Waals surface area contributed by atoms with Crippen LogP contribution in [0.5, 0.6) is 0 Å². The van der Waals surface area contributed by atoms with Gasteiger partial charge in [-0.1, -0.05) is 77.8 Å². The van der Waals surface area contributed by atoms with E-state index in [-0.39, 0.29) is 6.04 Å². The first kappa shape index (κ1) is 19.1. The number of hydrogen-bond acceptors (Lipinski definition) is 2. The molecule has 29 heavy (non-hydrogen) atoms. The fourth-order valence-electron chi connectivity index (χ4n) is 4.49. The molecule has 1 aliphatic heterocycles. The molecule has 5 rings (SSSR count). The molecule has 0 spiro atoms. The predicted molar refractivity (Wildman–Crippen MR) is 125 cm³/mol. The number of thioether (sulfide) groups is 1. The van der Waals surface area contributed by atoms with Crippen LogP contribution in [0.1, 0.15) is 35.1 Å². The van der Waals surface area contributed by atoms with Gasteiger partial charge in [-0.3, -0.25) is 0 Å². The highest BCUT2D eigenvalue weighted by atomic mass is 35.5. The first-order valence-electron chi connectivity index (χ1n) is 9.88. The Morgan fingerprint density at radius 1 is 0.931 bits per heavy atom. The summed E-state index contributed by atoms with van der Waals surface area (Å²) in [6, 6.07) is 23.5. The molecule has 1 aliphatic carbocycles. The van der Waals surface area contributed by atoms with Gasteiger partial charge in [0.15, 0.2) is 0 Å². The average molecular weight is 438 g/mol. The molecule has 0 aromatic heterocycles. The number of fused-ring (bicyclic) bond motifs is 3. The van der Waals surface area contributed by atoms with E-state index in [1.807, 2.05) is 23.9 Å². The highest BCUT2D eigenvalue weighted by Gasteiger charge is 2.38. The third kappa shape index (κ3) is 3.70. The van der Waals surface area contributed by atoms with Crippen molar-refractivity contribution in [1.29, 1.82) is 0 Å². The van der Waals surface area contributed by atoms with E-state index in [2.05, 4.69) is 72.1 Å². The molecule has 1 heterocycles. The number of benzene rings is 3. The Kier molecular flexibility index (Phi) is 5.34. The van der Waals surface area contributed by atoms with Crippen molar-refractivity contribution in [3.05, 3.63) is 106 Å². The summed E-state index contributed by atoms with van der Waals surface area (Å²) in [6.07, 6.45) is 5.72. The molecule has 3 aromatic rings. The molecule has 3 aromatic carbocycles. The van der Waals surface area contributed by atoms with Gasteiger partial charge in [0.2, 0.25) is 0 Å². The lowest BCUT2D eigenvalue weighted by atomic mass is 9.76. The van der Waals surface area contributed by atoms with E-state index in [0.717, 1.165) is 17.7 Å². The van der Waals surface area contributed by atoms with Gasteiger partial charge in [0.25, 0.3) is 0 Å². The van der Waals surface area contributed by atoms with Crippen LogP contribution in [-0.2, 0) is 5.75 Å². The number of allylic oxidation sites excluding steroid dienone is 2. The van der Waals surface area contributed by atoms with Gasteiger partial charge in [0, 0.05) is 22.3 Å². The van der Waals surface area contributed by atoms with Crippen molar-refractivity contribution >= 4 is 40.7 Å². The molecular formula is C25H21Cl2NS. The smallest absolute Gasteiger partial charge is 0.0645 e. The fraction of sp³-hybridized carbons (Fsp3) is 0.200. The lowest BCUT2D eigenvalue weighted by Crippen LogP contribution is -2.29.